The smallest absolute Gasteiger partial charge is 0.144 e. The van der Waals surface area contributed by atoms with E-state index in [1.54, 1.807) is 0 Å². The molecule has 0 unspecified atom stereocenters. The summed E-state index contributed by atoms with van der Waals surface area (Å²) in [5.74, 6) is 0.728. The van der Waals surface area contributed by atoms with E-state index in [1.165, 1.54) is 35.1 Å². The number of aromatic nitrogens is 1. The van der Waals surface area contributed by atoms with E-state index in [0.717, 1.165) is 37.4 Å². The van der Waals surface area contributed by atoms with E-state index in [-0.39, 0.29) is 0 Å². The first-order valence-corrected chi connectivity index (χ1v) is 8.31. The number of nitrogens with zero attached hydrogens (tertiary/aromatic N) is 2. The highest BCUT2D eigenvalue weighted by Crippen LogP contribution is 2.25. The Bertz CT molecular complexity index is 789. The van der Waals surface area contributed by atoms with Gasteiger partial charge in [0.05, 0.1) is 5.56 Å². The number of hydrogen-bond donors (Lipinski definition) is 2. The van der Waals surface area contributed by atoms with Gasteiger partial charge in [-0.2, -0.15) is 5.26 Å². The second kappa shape index (κ2) is 6.02. The molecule has 2 aromatic rings. The Hall–Kier alpha value is -2.38. The highest BCUT2D eigenvalue weighted by Gasteiger charge is 2.15. The fraction of sp³-hybridized carbons (Fsp3) is 0.368. The largest absolute Gasteiger partial charge is 0.365 e. The van der Waals surface area contributed by atoms with Crippen molar-refractivity contribution in [3.05, 3.63) is 57.8 Å². The molecule has 0 amide bonds. The second-order valence-electron chi connectivity index (χ2n) is 6.37. The van der Waals surface area contributed by atoms with Gasteiger partial charge in [0.1, 0.15) is 11.9 Å². The van der Waals surface area contributed by atoms with Crippen LogP contribution < -0.4 is 10.6 Å². The summed E-state index contributed by atoms with van der Waals surface area (Å²) in [7, 11) is 0. The van der Waals surface area contributed by atoms with Gasteiger partial charge in [-0.15, -0.1) is 0 Å². The van der Waals surface area contributed by atoms with Crippen molar-refractivity contribution >= 4 is 5.82 Å². The predicted molar refractivity (Wildman–Crippen MR) is 89.9 cm³/mol. The standard InChI is InChI=1S/C19H20N4/c20-9-16-8-14-3-1-2-4-18(14)23-19(16)22-10-13-5-6-15-11-21-12-17(15)7-13/h5-8,21H,1-4,10-12H2,(H,22,23). The van der Waals surface area contributed by atoms with Crippen LogP contribution >= 0.6 is 0 Å². The number of nitrogens with one attached hydrogen (secondary N) is 2. The number of anilines is 1. The Morgan fingerprint density at radius 2 is 1.96 bits per heavy atom. The van der Waals surface area contributed by atoms with Crippen molar-refractivity contribution in [1.82, 2.24) is 10.3 Å². The SMILES string of the molecule is N#Cc1cc2c(nc1NCc1ccc3c(c1)CNC3)CCCC2. The lowest BCUT2D eigenvalue weighted by molar-refractivity contribution is 0.668. The van der Waals surface area contributed by atoms with Crippen LogP contribution in [-0.4, -0.2) is 4.98 Å². The van der Waals surface area contributed by atoms with Gasteiger partial charge in [0.15, 0.2) is 0 Å². The van der Waals surface area contributed by atoms with Gasteiger partial charge in [-0.1, -0.05) is 18.2 Å². The van der Waals surface area contributed by atoms with Crippen LogP contribution in [0.15, 0.2) is 24.3 Å². The molecule has 0 bridgehead atoms. The number of fused-ring (bicyclic) bond motifs is 2. The van der Waals surface area contributed by atoms with Crippen molar-refractivity contribution in [2.24, 2.45) is 0 Å². The van der Waals surface area contributed by atoms with Gasteiger partial charge in [0.2, 0.25) is 0 Å². The van der Waals surface area contributed by atoms with Gasteiger partial charge >= 0.3 is 0 Å². The van der Waals surface area contributed by atoms with E-state index < -0.39 is 0 Å². The number of nitriles is 1. The molecule has 4 nitrogen and oxygen atoms in total. The molecule has 0 saturated carbocycles. The van der Waals surface area contributed by atoms with Crippen molar-refractivity contribution < 1.29 is 0 Å². The molecule has 2 aliphatic rings. The quantitative estimate of drug-likeness (QED) is 0.915. The van der Waals surface area contributed by atoms with Crippen LogP contribution in [0.25, 0.3) is 0 Å². The Morgan fingerprint density at radius 1 is 1.09 bits per heavy atom. The maximum absolute atomic E-state index is 9.41. The first-order chi connectivity index (χ1) is 11.3. The first-order valence-electron chi connectivity index (χ1n) is 8.31. The van der Waals surface area contributed by atoms with E-state index in [2.05, 4.69) is 34.9 Å². The zero-order valence-electron chi connectivity index (χ0n) is 13.2. The van der Waals surface area contributed by atoms with E-state index in [1.807, 2.05) is 6.07 Å². The molecule has 1 aliphatic carbocycles. The van der Waals surface area contributed by atoms with Gasteiger partial charge in [-0.25, -0.2) is 4.98 Å². The van der Waals surface area contributed by atoms with Crippen LogP contribution in [0.1, 0.15) is 46.4 Å². The molecule has 1 aliphatic heterocycles. The van der Waals surface area contributed by atoms with E-state index in [4.69, 9.17) is 4.98 Å². The van der Waals surface area contributed by atoms with Gasteiger partial charge in [0.25, 0.3) is 0 Å². The molecule has 23 heavy (non-hydrogen) atoms. The maximum atomic E-state index is 9.41. The molecule has 4 rings (SSSR count). The number of pyridine rings is 1. The Morgan fingerprint density at radius 3 is 2.87 bits per heavy atom. The molecule has 0 spiro atoms. The van der Waals surface area contributed by atoms with E-state index in [9.17, 15) is 5.26 Å². The van der Waals surface area contributed by atoms with Crippen LogP contribution in [-0.2, 0) is 32.5 Å². The van der Waals surface area contributed by atoms with E-state index >= 15 is 0 Å². The third-order valence-corrected chi connectivity index (χ3v) is 4.78. The lowest BCUT2D eigenvalue weighted by Gasteiger charge is -2.17. The minimum Gasteiger partial charge on any atom is -0.365 e. The molecule has 116 valence electrons. The van der Waals surface area contributed by atoms with Gasteiger partial charge in [-0.3, -0.25) is 0 Å². The van der Waals surface area contributed by atoms with Crippen molar-refractivity contribution in [2.75, 3.05) is 5.32 Å². The predicted octanol–water partition coefficient (Wildman–Crippen LogP) is 3.05. The zero-order valence-corrected chi connectivity index (χ0v) is 13.2. The summed E-state index contributed by atoms with van der Waals surface area (Å²) >= 11 is 0. The van der Waals surface area contributed by atoms with Crippen LogP contribution in [0.4, 0.5) is 5.82 Å². The third-order valence-electron chi connectivity index (χ3n) is 4.78. The number of hydrogen-bond acceptors (Lipinski definition) is 4. The summed E-state index contributed by atoms with van der Waals surface area (Å²) in [6.45, 7) is 2.62. The van der Waals surface area contributed by atoms with Crippen molar-refractivity contribution in [2.45, 2.75) is 45.3 Å². The summed E-state index contributed by atoms with van der Waals surface area (Å²) in [6.07, 6.45) is 4.48. The van der Waals surface area contributed by atoms with Crippen LogP contribution in [0.2, 0.25) is 0 Å². The average molecular weight is 304 g/mol. The summed E-state index contributed by atoms with van der Waals surface area (Å²) in [5, 5.41) is 16.1. The molecule has 0 radical (unpaired) electrons. The first kappa shape index (κ1) is 14.2. The minimum absolute atomic E-state index is 0.661. The third kappa shape index (κ3) is 2.80. The fourth-order valence-corrected chi connectivity index (χ4v) is 3.50. The lowest BCUT2D eigenvalue weighted by atomic mass is 9.95. The average Bonchev–Trinajstić information content (AvgIpc) is 3.06. The Balaban J connectivity index is 1.55. The summed E-state index contributed by atoms with van der Waals surface area (Å²) in [6, 6.07) is 10.9. The maximum Gasteiger partial charge on any atom is 0.144 e. The number of rotatable bonds is 3. The lowest BCUT2D eigenvalue weighted by Crippen LogP contribution is -2.11. The Kier molecular flexibility index (Phi) is 3.72. The summed E-state index contributed by atoms with van der Waals surface area (Å²) in [4.78, 5) is 4.73. The molecule has 2 heterocycles. The van der Waals surface area contributed by atoms with Crippen LogP contribution in [0.3, 0.4) is 0 Å². The van der Waals surface area contributed by atoms with Gasteiger partial charge < -0.3 is 10.6 Å². The molecule has 4 heteroatoms. The second-order valence-corrected chi connectivity index (χ2v) is 6.37. The zero-order chi connectivity index (χ0) is 15.6. The van der Waals surface area contributed by atoms with Gasteiger partial charge in [-0.05, 0) is 54.0 Å². The van der Waals surface area contributed by atoms with Crippen molar-refractivity contribution in [1.29, 1.82) is 5.26 Å². The molecule has 2 N–H and O–H groups in total. The highest BCUT2D eigenvalue weighted by atomic mass is 15.0. The summed E-state index contributed by atoms with van der Waals surface area (Å²) < 4.78 is 0. The topological polar surface area (TPSA) is 60.7 Å². The minimum atomic E-state index is 0.661. The number of benzene rings is 1. The molecule has 0 fully saturated rings. The molecule has 1 aromatic carbocycles. The Labute approximate surface area is 136 Å². The van der Waals surface area contributed by atoms with Crippen molar-refractivity contribution in [3.63, 3.8) is 0 Å². The van der Waals surface area contributed by atoms with Crippen molar-refractivity contribution in [3.8, 4) is 6.07 Å². The molecule has 1 aromatic heterocycles. The molecular formula is C19H20N4. The van der Waals surface area contributed by atoms with E-state index in [0.29, 0.717) is 12.1 Å². The van der Waals surface area contributed by atoms with Gasteiger partial charge in [0, 0.05) is 25.3 Å². The fourth-order valence-electron chi connectivity index (χ4n) is 3.50. The molecular weight excluding hydrogens is 284 g/mol. The number of aryl methyl sites for hydroxylation is 2. The summed E-state index contributed by atoms with van der Waals surface area (Å²) in [5.41, 5.74) is 7.07. The molecule has 0 saturated heterocycles. The highest BCUT2D eigenvalue weighted by molar-refractivity contribution is 5.55. The van der Waals surface area contributed by atoms with Crippen LogP contribution in [0, 0.1) is 11.3 Å². The molecule has 0 atom stereocenters. The monoisotopic (exact) mass is 304 g/mol. The normalized spacial score (nSPS) is 15.6. The van der Waals surface area contributed by atoms with Crippen LogP contribution in [0.5, 0.6) is 0 Å².